The molecule has 3 aromatic heterocycles. The normalized spacial score (nSPS) is 21.2. The van der Waals surface area contributed by atoms with E-state index in [-0.39, 0.29) is 49.8 Å². The zero-order chi connectivity index (χ0) is 53.6. The first-order valence-corrected chi connectivity index (χ1v) is 26.5. The summed E-state index contributed by atoms with van der Waals surface area (Å²) < 4.78 is 53.3. The van der Waals surface area contributed by atoms with E-state index in [1.807, 2.05) is 84.9 Å². The van der Waals surface area contributed by atoms with Gasteiger partial charge in [0.05, 0.1) is 65.0 Å². The first-order chi connectivity index (χ1) is 36.8. The number of rotatable bonds is 21. The molecule has 76 heavy (non-hydrogen) atoms. The lowest BCUT2D eigenvalue weighted by molar-refractivity contribution is -0.0961. The van der Waals surface area contributed by atoms with E-state index < -0.39 is 77.6 Å². The van der Waals surface area contributed by atoms with Crippen LogP contribution in [0.5, 0.6) is 11.5 Å². The van der Waals surface area contributed by atoms with E-state index in [0.29, 0.717) is 33.8 Å². The lowest BCUT2D eigenvalue weighted by Gasteiger charge is -2.37. The Balaban J connectivity index is 1.04. The predicted octanol–water partition coefficient (Wildman–Crippen LogP) is 5.90. The molecule has 7 aromatic rings. The van der Waals surface area contributed by atoms with Crippen molar-refractivity contribution in [2.45, 2.75) is 55.1 Å². The van der Waals surface area contributed by atoms with Crippen LogP contribution in [0.1, 0.15) is 52.2 Å². The summed E-state index contributed by atoms with van der Waals surface area (Å²) in [4.78, 5) is 65.6. The molecule has 1 aliphatic carbocycles. The third-order valence-corrected chi connectivity index (χ3v) is 15.7. The second-order valence-corrected chi connectivity index (χ2v) is 20.7. The fourth-order valence-corrected chi connectivity index (χ4v) is 11.6. The molecule has 4 heterocycles. The number of aliphatic hydroxyl groups excluding tert-OH is 1. The van der Waals surface area contributed by atoms with Crippen LogP contribution in [-0.2, 0) is 45.2 Å². The van der Waals surface area contributed by atoms with Crippen molar-refractivity contribution in [2.24, 2.45) is 5.92 Å². The first-order valence-electron chi connectivity index (χ1n) is 23.9. The van der Waals surface area contributed by atoms with Gasteiger partial charge >= 0.3 is 12.4 Å². The summed E-state index contributed by atoms with van der Waals surface area (Å²) in [6.45, 7) is -0.460. The van der Waals surface area contributed by atoms with Crippen LogP contribution in [0.15, 0.2) is 154 Å². The van der Waals surface area contributed by atoms with Crippen LogP contribution >= 0.6 is 6.72 Å². The van der Waals surface area contributed by atoms with Crippen molar-refractivity contribution in [3.8, 4) is 17.6 Å². The molecule has 21 nitrogen and oxygen atoms in total. The molecule has 4 aromatic carbocycles. The third kappa shape index (κ3) is 11.0. The molecule has 0 radical (unpaired) electrons. The Bertz CT molecular complexity index is 3410. The molecule has 8 atom stereocenters. The van der Waals surface area contributed by atoms with Gasteiger partial charge in [-0.2, -0.15) is 10.2 Å². The number of aromatic nitrogens is 6. The number of aromatic amines is 2. The van der Waals surface area contributed by atoms with E-state index in [2.05, 4.69) is 31.8 Å². The van der Waals surface area contributed by atoms with E-state index in [0.717, 1.165) is 10.1 Å². The van der Waals surface area contributed by atoms with E-state index in [1.165, 1.54) is 25.7 Å². The van der Waals surface area contributed by atoms with Crippen LogP contribution < -0.4 is 31.6 Å². The van der Waals surface area contributed by atoms with Crippen molar-refractivity contribution in [3.05, 3.63) is 193 Å². The van der Waals surface area contributed by atoms with Gasteiger partial charge in [0.2, 0.25) is 5.95 Å². The van der Waals surface area contributed by atoms with E-state index in [4.69, 9.17) is 49.1 Å². The van der Waals surface area contributed by atoms with Crippen molar-refractivity contribution >= 4 is 41.5 Å². The summed E-state index contributed by atoms with van der Waals surface area (Å²) in [5, 5.41) is 23.9. The van der Waals surface area contributed by atoms with Crippen molar-refractivity contribution < 1.29 is 47.2 Å². The average Bonchev–Trinajstić information content (AvgIpc) is 4.11. The quantitative estimate of drug-likeness (QED) is 0.0283. The zero-order valence-electron chi connectivity index (χ0n) is 41.3. The molecule has 1 amide bonds. The van der Waals surface area contributed by atoms with Crippen LogP contribution in [0.4, 0.5) is 5.95 Å². The monoisotopic (exact) mass is 1070 g/mol. The van der Waals surface area contributed by atoms with Crippen LogP contribution in [0.25, 0.3) is 11.2 Å². The second-order valence-electron chi connectivity index (χ2n) is 17.7. The molecule has 23 heteroatoms. The number of imidazole rings is 1. The SMILES string of the molecule is C=C1[C@H](COP(=S)(OCCC#N)O[C@H]2[C@@H](OC)[C@H](n3ccc(=O)[nH]c3=O)O[C@@H]2COC(c2ccccc2)(c2ccc(OC)cc2)c2ccc(OC)cc2)[C@@H](O)C[C@@H]1n1cnc2c(=O)[nH]c(NC(=O)c3ccccc3)nc21. The fourth-order valence-electron chi connectivity index (χ4n) is 9.51. The number of nitrogens with one attached hydrogen (secondary N) is 3. The number of anilines is 1. The van der Waals surface area contributed by atoms with Crippen molar-refractivity contribution in [1.82, 2.24) is 29.1 Å². The van der Waals surface area contributed by atoms with Gasteiger partial charge in [-0.05, 0) is 76.9 Å². The maximum absolute atomic E-state index is 13.5. The number of nitriles is 1. The maximum Gasteiger partial charge on any atom is 0.330 e. The minimum atomic E-state index is -4.03. The number of carbonyl (C=O) groups is 1. The number of nitrogens with zero attached hydrogens (tertiary/aromatic N) is 5. The minimum Gasteiger partial charge on any atom is -0.497 e. The number of ether oxygens (including phenoxy) is 5. The van der Waals surface area contributed by atoms with Crippen LogP contribution in [0.3, 0.4) is 0 Å². The molecular formula is C53H53N8O13PS. The van der Waals surface area contributed by atoms with Gasteiger partial charge in [0.1, 0.15) is 35.4 Å². The van der Waals surface area contributed by atoms with Crippen molar-refractivity contribution in [1.29, 1.82) is 5.26 Å². The summed E-state index contributed by atoms with van der Waals surface area (Å²) in [5.74, 6) is -0.179. The number of H-pyrrole nitrogens is 2. The Morgan fingerprint density at radius 3 is 2.14 bits per heavy atom. The number of carbonyl (C=O) groups excluding carboxylic acids is 1. The molecule has 394 valence electrons. The molecule has 1 unspecified atom stereocenters. The standard InChI is InChI=1S/C53H53N8O13PS/c1-32-39(41(62)28-40(32)61-31-55-44-47(61)57-51(59-49(44)65)58-48(64)33-12-7-5-8-13-33)29-72-75(76,71-27-11-25-54)74-45-42(73-50(46(45)69-4)60-26-24-43(63)56-52(60)66)30-70-53(34-14-9-6-10-15-34,35-16-20-37(67-2)21-17-35)36-18-22-38(68-3)23-19-36/h5-10,12-24,26,31,39-42,45-46,50,62H,1,11,27-30H2,2-4H3,(H,56,63,66)(H2,57,58,59,64,65)/t39-,40-,41-,42+,45+,46+,50+,75?/m0/s1. The van der Waals surface area contributed by atoms with Gasteiger partial charge in [-0.1, -0.05) is 79.4 Å². The Labute approximate surface area is 439 Å². The van der Waals surface area contributed by atoms with Crippen molar-refractivity contribution in [2.75, 3.05) is 46.5 Å². The van der Waals surface area contributed by atoms with E-state index >= 15 is 0 Å². The highest BCUT2D eigenvalue weighted by atomic mass is 32.5. The molecule has 1 saturated heterocycles. The van der Waals surface area contributed by atoms with Crippen LogP contribution in [0.2, 0.25) is 0 Å². The van der Waals surface area contributed by atoms with Gasteiger partial charge in [-0.15, -0.1) is 0 Å². The van der Waals surface area contributed by atoms with E-state index in [9.17, 15) is 29.5 Å². The Kier molecular flexibility index (Phi) is 16.3. The van der Waals surface area contributed by atoms with Crippen LogP contribution in [-0.4, -0.2) is 106 Å². The second kappa shape index (κ2) is 23.2. The Morgan fingerprint density at radius 1 is 0.882 bits per heavy atom. The topological polar surface area (TPSA) is 265 Å². The Hall–Kier alpha value is -7.42. The number of fused-ring (bicyclic) bond motifs is 1. The molecule has 4 N–H and O–H groups in total. The third-order valence-electron chi connectivity index (χ3n) is 13.3. The van der Waals surface area contributed by atoms with Crippen molar-refractivity contribution in [3.63, 3.8) is 0 Å². The van der Waals surface area contributed by atoms with Gasteiger partial charge in [0, 0.05) is 30.9 Å². The maximum atomic E-state index is 13.5. The number of hydrogen-bond donors (Lipinski definition) is 4. The minimum absolute atomic E-state index is 0.00375. The lowest BCUT2D eigenvalue weighted by Crippen LogP contribution is -2.42. The number of hydrogen-bond acceptors (Lipinski definition) is 17. The van der Waals surface area contributed by atoms with Crippen LogP contribution in [0, 0.1) is 17.2 Å². The molecule has 9 rings (SSSR count). The zero-order valence-corrected chi connectivity index (χ0v) is 43.1. The highest BCUT2D eigenvalue weighted by Crippen LogP contribution is 2.56. The predicted molar refractivity (Wildman–Crippen MR) is 280 cm³/mol. The fraction of sp³-hybridized carbons (Fsp3) is 0.302. The number of amides is 1. The molecule has 2 fully saturated rings. The summed E-state index contributed by atoms with van der Waals surface area (Å²) in [5.41, 5.74) is -0.275. The van der Waals surface area contributed by atoms with Gasteiger partial charge in [0.25, 0.3) is 17.0 Å². The highest BCUT2D eigenvalue weighted by Gasteiger charge is 2.52. The summed E-state index contributed by atoms with van der Waals surface area (Å²) in [7, 11) is 4.54. The summed E-state index contributed by atoms with van der Waals surface area (Å²) >= 11 is 6.16. The highest BCUT2D eigenvalue weighted by molar-refractivity contribution is 8.07. The number of methoxy groups -OCH3 is 3. The molecule has 1 aliphatic heterocycles. The number of aliphatic hydroxyl groups is 1. The lowest BCUT2D eigenvalue weighted by atomic mass is 9.80. The molecule has 0 bridgehead atoms. The smallest absolute Gasteiger partial charge is 0.330 e. The van der Waals surface area contributed by atoms with Gasteiger partial charge in [-0.25, -0.2) is 9.78 Å². The molecule has 1 saturated carbocycles. The van der Waals surface area contributed by atoms with Gasteiger partial charge in [0.15, 0.2) is 17.4 Å². The van der Waals surface area contributed by atoms with Gasteiger partial charge < -0.3 is 42.4 Å². The molecule has 2 aliphatic rings. The largest absolute Gasteiger partial charge is 0.497 e. The van der Waals surface area contributed by atoms with Gasteiger partial charge in [-0.3, -0.25) is 38.8 Å². The molecule has 0 spiro atoms. The summed E-state index contributed by atoms with van der Waals surface area (Å²) in [6.07, 6.45) is -3.12. The summed E-state index contributed by atoms with van der Waals surface area (Å²) in [6, 6.07) is 35.3. The number of benzene rings is 4. The first kappa shape index (κ1) is 53.4. The Morgan fingerprint density at radius 2 is 1.53 bits per heavy atom. The van der Waals surface area contributed by atoms with E-state index in [1.54, 1.807) is 49.1 Å². The average molecular weight is 1070 g/mol. The molecular weight excluding hydrogens is 1020 g/mol.